The Hall–Kier alpha value is -1.59. The normalized spacial score (nSPS) is 18.3. The van der Waals surface area contributed by atoms with E-state index in [-0.39, 0.29) is 11.7 Å². The number of hydrogen-bond acceptors (Lipinski definition) is 4. The predicted molar refractivity (Wildman–Crippen MR) is 68.4 cm³/mol. The maximum Gasteiger partial charge on any atom is 0.244 e. The summed E-state index contributed by atoms with van der Waals surface area (Å²) in [7, 11) is 0. The molecule has 98 valence electrons. The standard InChI is InChI=1S/C13H18N2O3/c1-9-3-2-4-10(11(9)16)15-12(17)13(14)5-7-18-8-6-13/h2-4,16H,5-8,14H2,1H3,(H,15,17). The molecular weight excluding hydrogens is 232 g/mol. The summed E-state index contributed by atoms with van der Waals surface area (Å²) in [4.78, 5) is 12.2. The predicted octanol–water partition coefficient (Wildman–Crippen LogP) is 1.15. The van der Waals surface area contributed by atoms with Gasteiger partial charge < -0.3 is 20.9 Å². The third-order valence-electron chi connectivity index (χ3n) is 3.32. The molecule has 0 atom stereocenters. The highest BCUT2D eigenvalue weighted by atomic mass is 16.5. The Balaban J connectivity index is 2.13. The zero-order valence-electron chi connectivity index (χ0n) is 10.4. The van der Waals surface area contributed by atoms with Gasteiger partial charge in [-0.2, -0.15) is 0 Å². The van der Waals surface area contributed by atoms with Crippen molar-refractivity contribution in [3.05, 3.63) is 23.8 Å². The molecule has 0 aliphatic carbocycles. The molecule has 1 amide bonds. The molecule has 0 spiro atoms. The van der Waals surface area contributed by atoms with Crippen LogP contribution in [0.5, 0.6) is 5.75 Å². The lowest BCUT2D eigenvalue weighted by atomic mass is 9.90. The molecule has 0 unspecified atom stereocenters. The highest BCUT2D eigenvalue weighted by Gasteiger charge is 2.36. The van der Waals surface area contributed by atoms with E-state index in [2.05, 4.69) is 5.32 Å². The summed E-state index contributed by atoms with van der Waals surface area (Å²) in [6, 6.07) is 5.21. The van der Waals surface area contributed by atoms with Gasteiger partial charge in [0, 0.05) is 13.2 Å². The van der Waals surface area contributed by atoms with Crippen LogP contribution < -0.4 is 11.1 Å². The number of benzene rings is 1. The third-order valence-corrected chi connectivity index (χ3v) is 3.32. The molecule has 0 bridgehead atoms. The van der Waals surface area contributed by atoms with Crippen molar-refractivity contribution in [3.63, 3.8) is 0 Å². The van der Waals surface area contributed by atoms with Gasteiger partial charge in [-0.3, -0.25) is 4.79 Å². The van der Waals surface area contributed by atoms with Gasteiger partial charge in [-0.25, -0.2) is 0 Å². The van der Waals surface area contributed by atoms with Crippen molar-refractivity contribution in [3.8, 4) is 5.75 Å². The molecule has 0 aromatic heterocycles. The van der Waals surface area contributed by atoms with Crippen LogP contribution in [0.1, 0.15) is 18.4 Å². The fourth-order valence-electron chi connectivity index (χ4n) is 1.97. The minimum absolute atomic E-state index is 0.0847. The monoisotopic (exact) mass is 250 g/mol. The summed E-state index contributed by atoms with van der Waals surface area (Å²) in [5.41, 5.74) is 6.27. The maximum absolute atomic E-state index is 12.2. The molecule has 1 aromatic carbocycles. The topological polar surface area (TPSA) is 84.6 Å². The minimum atomic E-state index is -0.908. The number of carbonyl (C=O) groups is 1. The molecule has 5 heteroatoms. The van der Waals surface area contributed by atoms with Crippen LogP contribution in [-0.2, 0) is 9.53 Å². The van der Waals surface area contributed by atoms with Crippen LogP contribution in [-0.4, -0.2) is 29.8 Å². The number of ether oxygens (including phenoxy) is 1. The second-order valence-corrected chi connectivity index (χ2v) is 4.69. The van der Waals surface area contributed by atoms with Crippen LogP contribution in [0.2, 0.25) is 0 Å². The highest BCUT2D eigenvalue weighted by molar-refractivity contribution is 5.99. The second kappa shape index (κ2) is 4.96. The first-order valence-corrected chi connectivity index (χ1v) is 5.99. The summed E-state index contributed by atoms with van der Waals surface area (Å²) in [5, 5.41) is 12.5. The van der Waals surface area contributed by atoms with Gasteiger partial charge >= 0.3 is 0 Å². The molecule has 1 fully saturated rings. The van der Waals surface area contributed by atoms with Gasteiger partial charge in [0.1, 0.15) is 11.3 Å². The Morgan fingerprint density at radius 2 is 2.11 bits per heavy atom. The maximum atomic E-state index is 12.2. The van der Waals surface area contributed by atoms with Crippen molar-refractivity contribution in [1.29, 1.82) is 0 Å². The molecule has 1 heterocycles. The number of hydrogen-bond donors (Lipinski definition) is 3. The molecule has 0 radical (unpaired) electrons. The van der Waals surface area contributed by atoms with Crippen LogP contribution in [0.3, 0.4) is 0 Å². The average Bonchev–Trinajstić information content (AvgIpc) is 2.36. The number of rotatable bonds is 2. The van der Waals surface area contributed by atoms with Gasteiger partial charge in [0.25, 0.3) is 0 Å². The number of anilines is 1. The lowest BCUT2D eigenvalue weighted by molar-refractivity contribution is -0.124. The number of aryl methyl sites for hydroxylation is 1. The van der Waals surface area contributed by atoms with Gasteiger partial charge in [0.05, 0.1) is 5.69 Å². The Morgan fingerprint density at radius 1 is 1.44 bits per heavy atom. The zero-order chi connectivity index (χ0) is 13.2. The molecular formula is C13H18N2O3. The van der Waals surface area contributed by atoms with E-state index in [1.807, 2.05) is 0 Å². The van der Waals surface area contributed by atoms with E-state index >= 15 is 0 Å². The Kier molecular flexibility index (Phi) is 3.54. The van der Waals surface area contributed by atoms with Gasteiger partial charge in [0.15, 0.2) is 0 Å². The van der Waals surface area contributed by atoms with E-state index in [1.54, 1.807) is 25.1 Å². The number of phenolic OH excluding ortho intramolecular Hbond substituents is 1. The van der Waals surface area contributed by atoms with Crippen molar-refractivity contribution in [2.24, 2.45) is 5.73 Å². The van der Waals surface area contributed by atoms with Crippen LogP contribution >= 0.6 is 0 Å². The first-order chi connectivity index (χ1) is 8.53. The smallest absolute Gasteiger partial charge is 0.244 e. The number of nitrogens with one attached hydrogen (secondary N) is 1. The van der Waals surface area contributed by atoms with Crippen molar-refractivity contribution in [2.75, 3.05) is 18.5 Å². The zero-order valence-corrected chi connectivity index (χ0v) is 10.4. The van der Waals surface area contributed by atoms with Crippen molar-refractivity contribution in [2.45, 2.75) is 25.3 Å². The summed E-state index contributed by atoms with van der Waals surface area (Å²) in [6.45, 7) is 2.76. The van der Waals surface area contributed by atoms with E-state index in [4.69, 9.17) is 10.5 Å². The Bertz CT molecular complexity index is 454. The molecule has 0 saturated carbocycles. The lowest BCUT2D eigenvalue weighted by Gasteiger charge is -2.31. The van der Waals surface area contributed by atoms with E-state index in [1.165, 1.54) is 0 Å². The molecule has 1 saturated heterocycles. The lowest BCUT2D eigenvalue weighted by Crippen LogP contribution is -2.54. The van der Waals surface area contributed by atoms with Crippen LogP contribution in [0.25, 0.3) is 0 Å². The van der Waals surface area contributed by atoms with Gasteiger partial charge in [-0.1, -0.05) is 12.1 Å². The summed E-state index contributed by atoms with van der Waals surface area (Å²) < 4.78 is 5.20. The molecule has 5 nitrogen and oxygen atoms in total. The number of carbonyl (C=O) groups excluding carboxylic acids is 1. The average molecular weight is 250 g/mol. The molecule has 18 heavy (non-hydrogen) atoms. The van der Waals surface area contributed by atoms with E-state index in [0.717, 1.165) is 0 Å². The van der Waals surface area contributed by atoms with Gasteiger partial charge in [0.2, 0.25) is 5.91 Å². The fourth-order valence-corrected chi connectivity index (χ4v) is 1.97. The summed E-state index contributed by atoms with van der Waals surface area (Å²) >= 11 is 0. The number of nitrogens with two attached hydrogens (primary N) is 1. The van der Waals surface area contributed by atoms with Gasteiger partial charge in [-0.05, 0) is 31.4 Å². The van der Waals surface area contributed by atoms with Gasteiger partial charge in [-0.15, -0.1) is 0 Å². The number of phenols is 1. The Morgan fingerprint density at radius 3 is 2.78 bits per heavy atom. The first kappa shape index (κ1) is 12.9. The largest absolute Gasteiger partial charge is 0.505 e. The van der Waals surface area contributed by atoms with E-state index in [0.29, 0.717) is 37.3 Å². The van der Waals surface area contributed by atoms with Crippen LogP contribution in [0.4, 0.5) is 5.69 Å². The number of amides is 1. The molecule has 1 aromatic rings. The van der Waals surface area contributed by atoms with Crippen molar-refractivity contribution >= 4 is 11.6 Å². The molecule has 1 aliphatic rings. The minimum Gasteiger partial charge on any atom is -0.505 e. The summed E-state index contributed by atoms with van der Waals surface area (Å²) in [5.74, 6) is -0.187. The van der Waals surface area contributed by atoms with Crippen molar-refractivity contribution < 1.29 is 14.6 Å². The highest BCUT2D eigenvalue weighted by Crippen LogP contribution is 2.28. The molecule has 1 aliphatic heterocycles. The summed E-state index contributed by atoms with van der Waals surface area (Å²) in [6.07, 6.45) is 0.983. The second-order valence-electron chi connectivity index (χ2n) is 4.69. The van der Waals surface area contributed by atoms with Crippen LogP contribution in [0.15, 0.2) is 18.2 Å². The SMILES string of the molecule is Cc1cccc(NC(=O)C2(N)CCOCC2)c1O. The van der Waals surface area contributed by atoms with Crippen LogP contribution in [0, 0.1) is 6.92 Å². The van der Waals surface area contributed by atoms with Crippen molar-refractivity contribution in [1.82, 2.24) is 0 Å². The Labute approximate surface area is 106 Å². The number of para-hydroxylation sites is 1. The third kappa shape index (κ3) is 2.47. The quantitative estimate of drug-likeness (QED) is 0.687. The van der Waals surface area contributed by atoms with E-state index in [9.17, 15) is 9.90 Å². The molecule has 4 N–H and O–H groups in total. The number of aromatic hydroxyl groups is 1. The molecule has 2 rings (SSSR count). The van der Waals surface area contributed by atoms with E-state index < -0.39 is 5.54 Å². The fraction of sp³-hybridized carbons (Fsp3) is 0.462. The first-order valence-electron chi connectivity index (χ1n) is 5.99.